The van der Waals surface area contributed by atoms with E-state index in [4.69, 9.17) is 9.97 Å². The number of rotatable bonds is 5. The van der Waals surface area contributed by atoms with E-state index in [0.717, 1.165) is 24.7 Å². The quantitative estimate of drug-likeness (QED) is 0.298. The Balaban J connectivity index is 1.04. The molecule has 8 rings (SSSR count). The predicted molar refractivity (Wildman–Crippen MR) is 155 cm³/mol. The van der Waals surface area contributed by atoms with Crippen molar-refractivity contribution in [3.8, 4) is 11.3 Å². The Morgan fingerprint density at radius 3 is 2.05 bits per heavy atom. The second-order valence-electron chi connectivity index (χ2n) is 13.5. The van der Waals surface area contributed by atoms with E-state index in [-0.39, 0.29) is 0 Å². The van der Waals surface area contributed by atoms with Crippen LogP contribution < -0.4 is 10.6 Å². The lowest BCUT2D eigenvalue weighted by molar-refractivity contribution is 0.316. The number of aromatic amines is 2. The monoisotopic (exact) mass is 524 g/mol. The zero-order valence-corrected chi connectivity index (χ0v) is 23.3. The molecule has 2 saturated heterocycles. The first-order valence-electron chi connectivity index (χ1n) is 16.0. The first-order valence-corrected chi connectivity index (χ1v) is 16.0. The minimum Gasteiger partial charge on any atom is -0.344 e. The summed E-state index contributed by atoms with van der Waals surface area (Å²) in [5.74, 6) is 3.60. The van der Waals surface area contributed by atoms with Crippen LogP contribution in [-0.2, 0) is 12.8 Å². The number of hydrogen-bond acceptors (Lipinski definition) is 4. The summed E-state index contributed by atoms with van der Waals surface area (Å²) in [5.41, 5.74) is 9.57. The number of nitrogens with one attached hydrogen (secondary N) is 4. The molecule has 3 aromatic rings. The SMILES string of the molecule is c1nc(C2CCCN2)[nH]c1-c1ccc(C2CCC(c3cnc(C4CCCN4)[nH]3)CC2)c2c1CC1(CCCC1)C2. The van der Waals surface area contributed by atoms with Gasteiger partial charge in [-0.3, -0.25) is 0 Å². The maximum absolute atomic E-state index is 4.84. The van der Waals surface area contributed by atoms with Crippen molar-refractivity contribution in [1.82, 2.24) is 30.6 Å². The van der Waals surface area contributed by atoms with Gasteiger partial charge in [-0.25, -0.2) is 9.97 Å². The number of imidazole rings is 2. The number of hydrogen-bond donors (Lipinski definition) is 4. The largest absolute Gasteiger partial charge is 0.344 e. The molecule has 2 aromatic heterocycles. The molecule has 0 amide bonds. The van der Waals surface area contributed by atoms with Crippen molar-refractivity contribution in [2.75, 3.05) is 13.1 Å². The van der Waals surface area contributed by atoms with Crippen molar-refractivity contribution in [3.05, 3.63) is 58.6 Å². The molecule has 4 N–H and O–H groups in total. The van der Waals surface area contributed by atoms with Gasteiger partial charge >= 0.3 is 0 Å². The molecular formula is C33H44N6. The van der Waals surface area contributed by atoms with Crippen LogP contribution in [0.1, 0.15) is 135 Å². The van der Waals surface area contributed by atoms with Gasteiger partial charge in [0.05, 0.1) is 24.0 Å². The van der Waals surface area contributed by atoms with Crippen molar-refractivity contribution in [1.29, 1.82) is 0 Å². The van der Waals surface area contributed by atoms with Crippen LogP contribution in [0.2, 0.25) is 0 Å². The number of H-pyrrole nitrogens is 2. The third-order valence-corrected chi connectivity index (χ3v) is 11.1. The van der Waals surface area contributed by atoms with Gasteiger partial charge in [-0.2, -0.15) is 0 Å². The van der Waals surface area contributed by atoms with Crippen LogP contribution in [0.4, 0.5) is 0 Å². The van der Waals surface area contributed by atoms with E-state index in [2.05, 4.69) is 45.1 Å². The summed E-state index contributed by atoms with van der Waals surface area (Å²) >= 11 is 0. The zero-order valence-electron chi connectivity index (χ0n) is 23.3. The summed E-state index contributed by atoms with van der Waals surface area (Å²) in [6.45, 7) is 2.23. The molecule has 6 nitrogen and oxygen atoms in total. The fourth-order valence-electron chi connectivity index (χ4n) is 8.99. The predicted octanol–water partition coefficient (Wildman–Crippen LogP) is 6.75. The molecule has 1 spiro atoms. The van der Waals surface area contributed by atoms with Gasteiger partial charge in [0.25, 0.3) is 0 Å². The average molecular weight is 525 g/mol. The van der Waals surface area contributed by atoms with E-state index in [9.17, 15) is 0 Å². The highest BCUT2D eigenvalue weighted by molar-refractivity contribution is 5.68. The Labute approximate surface area is 232 Å². The highest BCUT2D eigenvalue weighted by atomic mass is 15.0. The second-order valence-corrected chi connectivity index (χ2v) is 13.5. The maximum atomic E-state index is 4.84. The summed E-state index contributed by atoms with van der Waals surface area (Å²) in [6.07, 6.45) is 22.5. The number of nitrogens with zero attached hydrogens (tertiary/aromatic N) is 2. The molecule has 5 aliphatic rings. The van der Waals surface area contributed by atoms with Crippen molar-refractivity contribution in [2.45, 2.75) is 114 Å². The summed E-state index contributed by atoms with van der Waals surface area (Å²) in [6, 6.07) is 5.78. The average Bonchev–Trinajstić information content (AvgIpc) is 3.81. The summed E-state index contributed by atoms with van der Waals surface area (Å²) in [7, 11) is 0. The zero-order chi connectivity index (χ0) is 25.8. The Hall–Kier alpha value is -2.44. The van der Waals surface area contributed by atoms with Gasteiger partial charge in [-0.15, -0.1) is 0 Å². The lowest BCUT2D eigenvalue weighted by Crippen LogP contribution is -2.17. The van der Waals surface area contributed by atoms with E-state index >= 15 is 0 Å². The lowest BCUT2D eigenvalue weighted by atomic mass is 9.75. The first kappa shape index (κ1) is 24.4. The van der Waals surface area contributed by atoms with Crippen LogP contribution in [0, 0.1) is 5.41 Å². The highest BCUT2D eigenvalue weighted by Crippen LogP contribution is 2.53. The van der Waals surface area contributed by atoms with Crippen molar-refractivity contribution in [3.63, 3.8) is 0 Å². The minimum atomic E-state index is 0.391. The molecule has 1 aromatic carbocycles. The minimum absolute atomic E-state index is 0.391. The topological polar surface area (TPSA) is 81.4 Å². The van der Waals surface area contributed by atoms with Crippen LogP contribution >= 0.6 is 0 Å². The summed E-state index contributed by atoms with van der Waals surface area (Å²) < 4.78 is 0. The maximum Gasteiger partial charge on any atom is 0.123 e. The Morgan fingerprint density at radius 2 is 1.33 bits per heavy atom. The number of fused-ring (bicyclic) bond motifs is 1. The van der Waals surface area contributed by atoms with E-state index in [1.165, 1.54) is 107 Å². The van der Waals surface area contributed by atoms with Crippen LogP contribution in [-0.4, -0.2) is 33.0 Å². The van der Waals surface area contributed by atoms with Crippen molar-refractivity contribution >= 4 is 0 Å². The summed E-state index contributed by atoms with van der Waals surface area (Å²) in [5, 5.41) is 7.20. The Morgan fingerprint density at radius 1 is 0.667 bits per heavy atom. The smallest absolute Gasteiger partial charge is 0.123 e. The second kappa shape index (κ2) is 9.88. The molecular weight excluding hydrogens is 480 g/mol. The van der Waals surface area contributed by atoms with Crippen LogP contribution in [0.25, 0.3) is 11.3 Å². The number of benzene rings is 1. The molecule has 4 heterocycles. The molecule has 0 bridgehead atoms. The van der Waals surface area contributed by atoms with Gasteiger partial charge in [0.2, 0.25) is 0 Å². The molecule has 206 valence electrons. The van der Waals surface area contributed by atoms with Gasteiger partial charge in [-0.05, 0) is 118 Å². The molecule has 0 radical (unpaired) electrons. The van der Waals surface area contributed by atoms with Gasteiger partial charge in [0.1, 0.15) is 11.6 Å². The molecule has 4 fully saturated rings. The van der Waals surface area contributed by atoms with Crippen molar-refractivity contribution < 1.29 is 0 Å². The van der Waals surface area contributed by atoms with Gasteiger partial charge < -0.3 is 20.6 Å². The van der Waals surface area contributed by atoms with Crippen LogP contribution in [0.3, 0.4) is 0 Å². The Bertz CT molecular complexity index is 1310. The van der Waals surface area contributed by atoms with Crippen LogP contribution in [0.15, 0.2) is 24.5 Å². The third-order valence-electron chi connectivity index (χ3n) is 11.1. The fourth-order valence-corrected chi connectivity index (χ4v) is 8.99. The van der Waals surface area contributed by atoms with Crippen molar-refractivity contribution in [2.24, 2.45) is 5.41 Å². The number of aromatic nitrogens is 4. The third kappa shape index (κ3) is 4.39. The van der Waals surface area contributed by atoms with Crippen LogP contribution in [0.5, 0.6) is 0 Å². The Kier molecular flexibility index (Phi) is 6.17. The molecule has 6 heteroatoms. The lowest BCUT2D eigenvalue weighted by Gasteiger charge is -2.30. The van der Waals surface area contributed by atoms with Gasteiger partial charge in [-0.1, -0.05) is 25.0 Å². The summed E-state index contributed by atoms with van der Waals surface area (Å²) in [4.78, 5) is 17.1. The van der Waals surface area contributed by atoms with E-state index < -0.39 is 0 Å². The molecule has 2 aliphatic heterocycles. The van der Waals surface area contributed by atoms with Gasteiger partial charge in [0, 0.05) is 23.4 Å². The normalized spacial score (nSPS) is 29.9. The van der Waals surface area contributed by atoms with E-state index in [0.29, 0.717) is 29.3 Å². The van der Waals surface area contributed by atoms with Gasteiger partial charge in [0.15, 0.2) is 0 Å². The van der Waals surface area contributed by atoms with E-state index in [1.54, 1.807) is 16.7 Å². The molecule has 2 atom stereocenters. The fraction of sp³-hybridized carbons (Fsp3) is 0.636. The molecule has 2 unspecified atom stereocenters. The standard InChI is InChI=1S/C33H44N6/c1-2-14-33(13-1)17-25-23(11-12-24(26(25)18-33)30-20-37-32(39-30)28-6-4-16-35-28)21-7-9-22(10-8-21)29-19-36-31(38-29)27-5-3-15-34-27/h11-12,19-22,27-28,34-35H,1-10,13-18H2,(H,36,38)(H,37,39). The molecule has 2 saturated carbocycles. The van der Waals surface area contributed by atoms with E-state index in [1.807, 2.05) is 0 Å². The molecule has 3 aliphatic carbocycles. The highest BCUT2D eigenvalue weighted by Gasteiger charge is 2.42. The molecule has 39 heavy (non-hydrogen) atoms. The first-order chi connectivity index (χ1) is 19.2.